The lowest BCUT2D eigenvalue weighted by Gasteiger charge is -2.11. The van der Waals surface area contributed by atoms with Gasteiger partial charge in [-0.2, -0.15) is 5.26 Å². The van der Waals surface area contributed by atoms with Crippen LogP contribution in [-0.2, 0) is 4.79 Å². The molecule has 0 aliphatic carbocycles. The van der Waals surface area contributed by atoms with Crippen molar-refractivity contribution in [1.82, 2.24) is 15.3 Å². The number of rotatable bonds is 6. The van der Waals surface area contributed by atoms with Gasteiger partial charge >= 0.3 is 0 Å². The van der Waals surface area contributed by atoms with Crippen LogP contribution in [-0.4, -0.2) is 28.5 Å². The van der Waals surface area contributed by atoms with Crippen LogP contribution in [0.25, 0.3) is 0 Å². The Morgan fingerprint density at radius 2 is 2.39 bits per heavy atom. The molecule has 2 N–H and O–H groups in total. The van der Waals surface area contributed by atoms with E-state index in [2.05, 4.69) is 20.6 Å². The lowest BCUT2D eigenvalue weighted by Crippen LogP contribution is -2.33. The molecule has 18 heavy (non-hydrogen) atoms. The monoisotopic (exact) mass is 247 g/mol. The Morgan fingerprint density at radius 1 is 1.61 bits per heavy atom. The first-order valence-corrected chi connectivity index (χ1v) is 5.92. The minimum atomic E-state index is -0.00622. The number of amides is 1. The Kier molecular flexibility index (Phi) is 5.58. The van der Waals surface area contributed by atoms with E-state index < -0.39 is 0 Å². The van der Waals surface area contributed by atoms with Crippen LogP contribution in [0.4, 0.5) is 5.95 Å². The number of hydrogen-bond acceptors (Lipinski definition) is 5. The van der Waals surface area contributed by atoms with Crippen LogP contribution >= 0.6 is 0 Å². The Labute approximate surface area is 106 Å². The second-order valence-electron chi connectivity index (χ2n) is 3.93. The van der Waals surface area contributed by atoms with E-state index in [-0.39, 0.29) is 11.9 Å². The van der Waals surface area contributed by atoms with Gasteiger partial charge in [0.15, 0.2) is 0 Å². The van der Waals surface area contributed by atoms with Crippen molar-refractivity contribution in [3.63, 3.8) is 0 Å². The van der Waals surface area contributed by atoms with Crippen molar-refractivity contribution in [2.75, 3.05) is 11.9 Å². The molecule has 0 fully saturated rings. The van der Waals surface area contributed by atoms with Gasteiger partial charge < -0.3 is 10.6 Å². The van der Waals surface area contributed by atoms with Gasteiger partial charge in [0, 0.05) is 25.2 Å². The zero-order valence-electron chi connectivity index (χ0n) is 10.6. The van der Waals surface area contributed by atoms with E-state index in [1.807, 2.05) is 19.9 Å². The maximum atomic E-state index is 11.5. The zero-order valence-corrected chi connectivity index (χ0v) is 10.6. The number of nitriles is 1. The summed E-state index contributed by atoms with van der Waals surface area (Å²) in [4.78, 5) is 19.4. The first kappa shape index (κ1) is 13.9. The predicted octanol–water partition coefficient (Wildman–Crippen LogP) is 1.06. The molecule has 1 heterocycles. The standard InChI is InChI=1S/C12H17N5O/c1-3-9(2)16-11(18)5-7-15-12-14-6-4-10(8-13)17-12/h4,6,9H,3,5,7H2,1-2H3,(H,16,18)(H,14,15,17). The summed E-state index contributed by atoms with van der Waals surface area (Å²) in [5.74, 6) is 0.360. The summed E-state index contributed by atoms with van der Waals surface area (Å²) in [5, 5.41) is 14.4. The highest BCUT2D eigenvalue weighted by Crippen LogP contribution is 1.99. The number of nitrogens with one attached hydrogen (secondary N) is 2. The number of carbonyl (C=O) groups excluding carboxylic acids is 1. The van der Waals surface area contributed by atoms with E-state index in [9.17, 15) is 4.79 Å². The number of hydrogen-bond donors (Lipinski definition) is 2. The molecule has 1 rings (SSSR count). The van der Waals surface area contributed by atoms with Gasteiger partial charge in [-0.25, -0.2) is 9.97 Å². The highest BCUT2D eigenvalue weighted by Gasteiger charge is 2.05. The lowest BCUT2D eigenvalue weighted by molar-refractivity contribution is -0.121. The largest absolute Gasteiger partial charge is 0.354 e. The Hall–Kier alpha value is -2.16. The van der Waals surface area contributed by atoms with Crippen LogP contribution in [0.3, 0.4) is 0 Å². The van der Waals surface area contributed by atoms with Crippen LogP contribution in [0.1, 0.15) is 32.4 Å². The number of aromatic nitrogens is 2. The van der Waals surface area contributed by atoms with Gasteiger partial charge in [0.2, 0.25) is 11.9 Å². The van der Waals surface area contributed by atoms with Crippen LogP contribution < -0.4 is 10.6 Å². The molecule has 1 amide bonds. The van der Waals surface area contributed by atoms with E-state index in [4.69, 9.17) is 5.26 Å². The average molecular weight is 247 g/mol. The third-order valence-electron chi connectivity index (χ3n) is 2.43. The summed E-state index contributed by atoms with van der Waals surface area (Å²) in [6, 6.07) is 3.65. The normalized spacial score (nSPS) is 11.4. The topological polar surface area (TPSA) is 90.7 Å². The Balaban J connectivity index is 2.33. The molecule has 0 radical (unpaired) electrons. The number of nitrogens with zero attached hydrogens (tertiary/aromatic N) is 3. The maximum absolute atomic E-state index is 11.5. The summed E-state index contributed by atoms with van der Waals surface area (Å²) in [5.41, 5.74) is 0.302. The van der Waals surface area contributed by atoms with Gasteiger partial charge in [-0.05, 0) is 19.4 Å². The summed E-state index contributed by atoms with van der Waals surface area (Å²) in [6.07, 6.45) is 2.77. The van der Waals surface area contributed by atoms with Gasteiger partial charge in [0.25, 0.3) is 0 Å². The smallest absolute Gasteiger partial charge is 0.223 e. The van der Waals surface area contributed by atoms with Crippen molar-refractivity contribution >= 4 is 11.9 Å². The Morgan fingerprint density at radius 3 is 3.06 bits per heavy atom. The van der Waals surface area contributed by atoms with Crippen LogP contribution in [0, 0.1) is 11.3 Å². The van der Waals surface area contributed by atoms with E-state index in [1.54, 1.807) is 0 Å². The van der Waals surface area contributed by atoms with Crippen molar-refractivity contribution in [1.29, 1.82) is 5.26 Å². The molecule has 0 spiro atoms. The molecule has 1 aromatic heterocycles. The van der Waals surface area contributed by atoms with Crippen LogP contribution in [0.2, 0.25) is 0 Å². The van der Waals surface area contributed by atoms with Gasteiger partial charge in [0.1, 0.15) is 11.8 Å². The fraction of sp³-hybridized carbons (Fsp3) is 0.500. The molecule has 6 nitrogen and oxygen atoms in total. The molecule has 1 aromatic rings. The summed E-state index contributed by atoms with van der Waals surface area (Å²) < 4.78 is 0. The quantitative estimate of drug-likeness (QED) is 0.784. The molecule has 6 heteroatoms. The fourth-order valence-corrected chi connectivity index (χ4v) is 1.24. The molecule has 0 saturated heterocycles. The highest BCUT2D eigenvalue weighted by atomic mass is 16.1. The molecular weight excluding hydrogens is 230 g/mol. The number of carbonyl (C=O) groups is 1. The summed E-state index contributed by atoms with van der Waals surface area (Å²) >= 11 is 0. The minimum Gasteiger partial charge on any atom is -0.354 e. The van der Waals surface area contributed by atoms with E-state index >= 15 is 0 Å². The van der Waals surface area contributed by atoms with E-state index in [1.165, 1.54) is 12.3 Å². The van der Waals surface area contributed by atoms with Crippen molar-refractivity contribution in [3.05, 3.63) is 18.0 Å². The van der Waals surface area contributed by atoms with Crippen molar-refractivity contribution in [2.24, 2.45) is 0 Å². The summed E-state index contributed by atoms with van der Waals surface area (Å²) in [7, 11) is 0. The van der Waals surface area contributed by atoms with Gasteiger partial charge in [-0.3, -0.25) is 4.79 Å². The van der Waals surface area contributed by atoms with E-state index in [0.717, 1.165) is 6.42 Å². The van der Waals surface area contributed by atoms with Crippen LogP contribution in [0.5, 0.6) is 0 Å². The third-order valence-corrected chi connectivity index (χ3v) is 2.43. The number of anilines is 1. The molecule has 96 valence electrons. The zero-order chi connectivity index (χ0) is 13.4. The molecular formula is C12H17N5O. The highest BCUT2D eigenvalue weighted by molar-refractivity contribution is 5.76. The first-order valence-electron chi connectivity index (χ1n) is 5.92. The average Bonchev–Trinajstić information content (AvgIpc) is 2.38. The second-order valence-corrected chi connectivity index (χ2v) is 3.93. The predicted molar refractivity (Wildman–Crippen MR) is 67.7 cm³/mol. The van der Waals surface area contributed by atoms with Crippen molar-refractivity contribution in [2.45, 2.75) is 32.7 Å². The van der Waals surface area contributed by atoms with Crippen LogP contribution in [0.15, 0.2) is 12.3 Å². The van der Waals surface area contributed by atoms with Gasteiger partial charge in [-0.15, -0.1) is 0 Å². The lowest BCUT2D eigenvalue weighted by atomic mass is 10.2. The third kappa shape index (κ3) is 4.78. The van der Waals surface area contributed by atoms with E-state index in [0.29, 0.717) is 24.6 Å². The first-order chi connectivity index (χ1) is 8.65. The minimum absolute atomic E-state index is 0.00622. The molecule has 0 saturated carbocycles. The molecule has 1 unspecified atom stereocenters. The molecule has 0 aliphatic rings. The fourth-order valence-electron chi connectivity index (χ4n) is 1.24. The molecule has 1 atom stereocenters. The summed E-state index contributed by atoms with van der Waals surface area (Å²) in [6.45, 7) is 4.42. The SMILES string of the molecule is CCC(C)NC(=O)CCNc1nccc(C#N)n1. The van der Waals surface area contributed by atoms with Crippen molar-refractivity contribution in [3.8, 4) is 6.07 Å². The van der Waals surface area contributed by atoms with Crippen molar-refractivity contribution < 1.29 is 4.79 Å². The Bertz CT molecular complexity index is 440. The maximum Gasteiger partial charge on any atom is 0.223 e. The van der Waals surface area contributed by atoms with Gasteiger partial charge in [-0.1, -0.05) is 6.92 Å². The van der Waals surface area contributed by atoms with Gasteiger partial charge in [0.05, 0.1) is 0 Å². The molecule has 0 bridgehead atoms. The molecule has 0 aliphatic heterocycles. The molecule has 0 aromatic carbocycles. The second kappa shape index (κ2) is 7.22.